The van der Waals surface area contributed by atoms with E-state index >= 15 is 0 Å². The van der Waals surface area contributed by atoms with Crippen LogP contribution in [0.5, 0.6) is 0 Å². The number of aryl methyl sites for hydroxylation is 3. The average Bonchev–Trinajstić information content (AvgIpc) is 2.41. The lowest BCUT2D eigenvalue weighted by Crippen LogP contribution is -1.95. The molecule has 0 saturated heterocycles. The number of fused-ring (bicyclic) bond motifs is 1. The summed E-state index contributed by atoms with van der Waals surface area (Å²) >= 11 is 0. The minimum absolute atomic E-state index is 0.183. The van der Waals surface area contributed by atoms with Gasteiger partial charge in [0.25, 0.3) is 0 Å². The van der Waals surface area contributed by atoms with Crippen molar-refractivity contribution in [3.8, 4) is 0 Å². The quantitative estimate of drug-likeness (QED) is 0.679. The van der Waals surface area contributed by atoms with Crippen molar-refractivity contribution in [1.82, 2.24) is 9.78 Å². The molecule has 0 unspecified atom stereocenters. The highest BCUT2D eigenvalue weighted by molar-refractivity contribution is 5.84. The van der Waals surface area contributed by atoms with Gasteiger partial charge in [-0.15, -0.1) is 0 Å². The number of aromatic nitrogens is 2. The molecule has 2 aromatic rings. The molecule has 0 bridgehead atoms. The first kappa shape index (κ1) is 9.19. The van der Waals surface area contributed by atoms with Crippen molar-refractivity contribution in [3.05, 3.63) is 29.2 Å². The number of rotatable bonds is 1. The van der Waals surface area contributed by atoms with Gasteiger partial charge < -0.3 is 0 Å². The van der Waals surface area contributed by atoms with Gasteiger partial charge >= 0.3 is 0 Å². The zero-order valence-corrected chi connectivity index (χ0v) is 8.63. The van der Waals surface area contributed by atoms with E-state index in [0.717, 1.165) is 28.6 Å². The second kappa shape index (κ2) is 3.08. The number of benzene rings is 1. The number of hydrogen-bond acceptors (Lipinski definition) is 1. The molecule has 0 fully saturated rings. The van der Waals surface area contributed by atoms with Gasteiger partial charge in [0.05, 0.1) is 5.52 Å². The number of hydrogen-bond donors (Lipinski definition) is 0. The number of nitrogens with zero attached hydrogens (tertiary/aromatic N) is 2. The molecule has 0 atom stereocenters. The van der Waals surface area contributed by atoms with Crippen LogP contribution < -0.4 is 0 Å². The van der Waals surface area contributed by atoms with Gasteiger partial charge in [0.2, 0.25) is 0 Å². The molecular formula is C11H13FN2. The van der Waals surface area contributed by atoms with Crippen LogP contribution in [0.1, 0.15) is 18.2 Å². The van der Waals surface area contributed by atoms with E-state index in [1.807, 2.05) is 18.7 Å². The molecule has 0 spiro atoms. The number of halogens is 1. The van der Waals surface area contributed by atoms with Gasteiger partial charge in [-0.05, 0) is 31.0 Å². The average molecular weight is 192 g/mol. The standard InChI is InChI=1S/C11H13FN2/c1-4-10-9-6-8(12)5-7(2)11(9)13-14(10)3/h5-6H,4H2,1-3H3. The fraction of sp³-hybridized carbons (Fsp3) is 0.364. The Balaban J connectivity index is 2.87. The van der Waals surface area contributed by atoms with Gasteiger partial charge in [0.15, 0.2) is 0 Å². The van der Waals surface area contributed by atoms with Crippen molar-refractivity contribution >= 4 is 10.9 Å². The van der Waals surface area contributed by atoms with Crippen LogP contribution in [-0.4, -0.2) is 9.78 Å². The van der Waals surface area contributed by atoms with Crippen molar-refractivity contribution in [2.24, 2.45) is 7.05 Å². The maximum atomic E-state index is 13.2. The first-order valence-corrected chi connectivity index (χ1v) is 4.75. The molecule has 0 aliphatic heterocycles. The van der Waals surface area contributed by atoms with E-state index in [1.54, 1.807) is 6.07 Å². The second-order valence-electron chi connectivity index (χ2n) is 3.54. The highest BCUT2D eigenvalue weighted by Crippen LogP contribution is 2.22. The first-order valence-electron chi connectivity index (χ1n) is 4.75. The molecule has 1 aromatic carbocycles. The lowest BCUT2D eigenvalue weighted by atomic mass is 10.1. The minimum atomic E-state index is -0.183. The summed E-state index contributed by atoms with van der Waals surface area (Å²) in [5.74, 6) is -0.183. The largest absolute Gasteiger partial charge is 0.271 e. The third-order valence-electron chi connectivity index (χ3n) is 2.55. The molecule has 0 N–H and O–H groups in total. The van der Waals surface area contributed by atoms with Gasteiger partial charge in [0.1, 0.15) is 5.82 Å². The molecule has 0 radical (unpaired) electrons. The normalized spacial score (nSPS) is 11.1. The van der Waals surface area contributed by atoms with Crippen LogP contribution in [0.2, 0.25) is 0 Å². The van der Waals surface area contributed by atoms with Crippen molar-refractivity contribution in [3.63, 3.8) is 0 Å². The predicted octanol–water partition coefficient (Wildman–Crippen LogP) is 2.58. The molecule has 0 aliphatic rings. The van der Waals surface area contributed by atoms with Gasteiger partial charge in [-0.25, -0.2) is 4.39 Å². The van der Waals surface area contributed by atoms with Gasteiger partial charge in [-0.3, -0.25) is 4.68 Å². The minimum Gasteiger partial charge on any atom is -0.271 e. The van der Waals surface area contributed by atoms with E-state index in [1.165, 1.54) is 6.07 Å². The zero-order valence-electron chi connectivity index (χ0n) is 8.63. The summed E-state index contributed by atoms with van der Waals surface area (Å²) in [5, 5.41) is 5.31. The van der Waals surface area contributed by atoms with E-state index in [2.05, 4.69) is 12.0 Å². The fourth-order valence-electron chi connectivity index (χ4n) is 1.89. The molecule has 0 amide bonds. The topological polar surface area (TPSA) is 17.8 Å². The molecule has 0 saturated carbocycles. The van der Waals surface area contributed by atoms with E-state index in [4.69, 9.17) is 0 Å². The highest BCUT2D eigenvalue weighted by Gasteiger charge is 2.10. The lowest BCUT2D eigenvalue weighted by Gasteiger charge is -1.97. The molecular weight excluding hydrogens is 179 g/mol. The maximum absolute atomic E-state index is 13.2. The van der Waals surface area contributed by atoms with Crippen LogP contribution in [0.25, 0.3) is 10.9 Å². The summed E-state index contributed by atoms with van der Waals surface area (Å²) < 4.78 is 15.0. The molecule has 74 valence electrons. The molecule has 1 aromatic heterocycles. The summed E-state index contributed by atoms with van der Waals surface area (Å²) in [5.41, 5.74) is 2.89. The van der Waals surface area contributed by atoms with Crippen LogP contribution in [0.4, 0.5) is 4.39 Å². The van der Waals surface area contributed by atoms with Crippen LogP contribution in [0, 0.1) is 12.7 Å². The van der Waals surface area contributed by atoms with E-state index in [-0.39, 0.29) is 5.82 Å². The maximum Gasteiger partial charge on any atom is 0.124 e. The van der Waals surface area contributed by atoms with Crippen LogP contribution in [-0.2, 0) is 13.5 Å². The summed E-state index contributed by atoms with van der Waals surface area (Å²) in [4.78, 5) is 0. The van der Waals surface area contributed by atoms with E-state index < -0.39 is 0 Å². The monoisotopic (exact) mass is 192 g/mol. The predicted molar refractivity (Wildman–Crippen MR) is 54.8 cm³/mol. The van der Waals surface area contributed by atoms with E-state index in [9.17, 15) is 4.39 Å². The van der Waals surface area contributed by atoms with Gasteiger partial charge in [-0.2, -0.15) is 5.10 Å². The molecule has 2 rings (SSSR count). The highest BCUT2D eigenvalue weighted by atomic mass is 19.1. The Hall–Kier alpha value is -1.38. The summed E-state index contributed by atoms with van der Waals surface area (Å²) in [6, 6.07) is 3.09. The smallest absolute Gasteiger partial charge is 0.124 e. The second-order valence-corrected chi connectivity index (χ2v) is 3.54. The Morgan fingerprint density at radius 2 is 2.14 bits per heavy atom. The zero-order chi connectivity index (χ0) is 10.3. The third-order valence-corrected chi connectivity index (χ3v) is 2.55. The van der Waals surface area contributed by atoms with Crippen molar-refractivity contribution < 1.29 is 4.39 Å². The fourth-order valence-corrected chi connectivity index (χ4v) is 1.89. The Labute approximate surface area is 82.3 Å². The summed E-state index contributed by atoms with van der Waals surface area (Å²) in [7, 11) is 1.90. The van der Waals surface area contributed by atoms with Crippen molar-refractivity contribution in [2.45, 2.75) is 20.3 Å². The summed E-state index contributed by atoms with van der Waals surface area (Å²) in [6.07, 6.45) is 0.871. The summed E-state index contributed by atoms with van der Waals surface area (Å²) in [6.45, 7) is 3.94. The van der Waals surface area contributed by atoms with Crippen LogP contribution in [0.3, 0.4) is 0 Å². The third kappa shape index (κ3) is 1.20. The Kier molecular flexibility index (Phi) is 2.02. The van der Waals surface area contributed by atoms with Crippen molar-refractivity contribution in [2.75, 3.05) is 0 Å². The van der Waals surface area contributed by atoms with Crippen molar-refractivity contribution in [1.29, 1.82) is 0 Å². The Bertz CT molecular complexity index is 485. The SMILES string of the molecule is CCc1c2cc(F)cc(C)c2nn1C. The van der Waals surface area contributed by atoms with Gasteiger partial charge in [-0.1, -0.05) is 6.92 Å². The molecule has 2 nitrogen and oxygen atoms in total. The Morgan fingerprint density at radius 1 is 1.43 bits per heavy atom. The lowest BCUT2D eigenvalue weighted by molar-refractivity contribution is 0.628. The van der Waals surface area contributed by atoms with Gasteiger partial charge in [0, 0.05) is 18.1 Å². The van der Waals surface area contributed by atoms with Crippen LogP contribution in [0.15, 0.2) is 12.1 Å². The molecule has 14 heavy (non-hydrogen) atoms. The molecule has 0 aliphatic carbocycles. The van der Waals surface area contributed by atoms with E-state index in [0.29, 0.717) is 0 Å². The molecule has 1 heterocycles. The first-order chi connectivity index (χ1) is 6.63. The van der Waals surface area contributed by atoms with Crippen LogP contribution >= 0.6 is 0 Å². The molecule has 3 heteroatoms. The Morgan fingerprint density at radius 3 is 2.79 bits per heavy atom.